The fraction of sp³-hybridized carbons (Fsp3) is 0.385. The Morgan fingerprint density at radius 3 is 2.74 bits per heavy atom. The van der Waals surface area contributed by atoms with E-state index in [1.54, 1.807) is 0 Å². The van der Waals surface area contributed by atoms with Gasteiger partial charge in [-0.25, -0.2) is 4.98 Å². The smallest absolute Gasteiger partial charge is 0.261 e. The Kier molecular flexibility index (Phi) is 6.02. The maximum absolute atomic E-state index is 12.8. The molecule has 0 amide bonds. The number of anilines is 2. The van der Waals surface area contributed by atoms with Crippen LogP contribution in [0.5, 0.6) is 0 Å². The number of fused-ring (bicyclic) bond motifs is 2. The van der Waals surface area contributed by atoms with Crippen molar-refractivity contribution < 1.29 is 4.74 Å². The first kappa shape index (κ1) is 22.4. The first-order valence-corrected chi connectivity index (χ1v) is 12.0. The second-order valence-electron chi connectivity index (χ2n) is 9.02. The Morgan fingerprint density at radius 2 is 1.94 bits per heavy atom. The average molecular weight is 461 g/mol. The van der Waals surface area contributed by atoms with Crippen LogP contribution in [0.15, 0.2) is 47.3 Å². The van der Waals surface area contributed by atoms with Crippen LogP contribution in [0.3, 0.4) is 0 Å². The summed E-state index contributed by atoms with van der Waals surface area (Å²) < 4.78 is 6.13. The van der Waals surface area contributed by atoms with E-state index in [2.05, 4.69) is 57.7 Å². The molecule has 0 radical (unpaired) electrons. The summed E-state index contributed by atoms with van der Waals surface area (Å²) in [5, 5.41) is 0.805. The van der Waals surface area contributed by atoms with Crippen LogP contribution in [0, 0.1) is 0 Å². The van der Waals surface area contributed by atoms with Gasteiger partial charge >= 0.3 is 0 Å². The number of para-hydroxylation sites is 1. The molecule has 0 unspecified atom stereocenters. The number of hydrogen-bond acceptors (Lipinski definition) is 6. The van der Waals surface area contributed by atoms with Gasteiger partial charge in [-0.15, -0.1) is 0 Å². The van der Waals surface area contributed by atoms with Crippen molar-refractivity contribution in [2.45, 2.75) is 32.9 Å². The molecule has 8 heteroatoms. The summed E-state index contributed by atoms with van der Waals surface area (Å²) in [6.45, 7) is 11.1. The maximum atomic E-state index is 12.8. The number of nitrogens with one attached hydrogen (secondary N) is 2. The molecule has 3 heterocycles. The van der Waals surface area contributed by atoms with Crippen molar-refractivity contribution in [2.75, 3.05) is 43.4 Å². The van der Waals surface area contributed by atoms with Gasteiger partial charge in [0.2, 0.25) is 0 Å². The summed E-state index contributed by atoms with van der Waals surface area (Å²) in [7, 11) is 0. The van der Waals surface area contributed by atoms with Crippen LogP contribution in [0.2, 0.25) is 0 Å². The van der Waals surface area contributed by atoms with Gasteiger partial charge in [0.1, 0.15) is 11.4 Å². The lowest BCUT2D eigenvalue weighted by atomic mass is 10.1. The van der Waals surface area contributed by atoms with E-state index < -0.39 is 0 Å². The number of benzene rings is 2. The van der Waals surface area contributed by atoms with Gasteiger partial charge in [0.25, 0.3) is 5.56 Å². The topological polar surface area (TPSA) is 103 Å². The van der Waals surface area contributed by atoms with E-state index in [0.717, 1.165) is 48.3 Å². The summed E-state index contributed by atoms with van der Waals surface area (Å²) in [5.74, 6) is 0.478. The molecule has 1 aliphatic heterocycles. The molecule has 2 atom stereocenters. The van der Waals surface area contributed by atoms with E-state index in [-0.39, 0.29) is 17.7 Å². The lowest BCUT2D eigenvalue weighted by Crippen LogP contribution is -2.52. The van der Waals surface area contributed by atoms with E-state index in [1.165, 1.54) is 0 Å². The number of nitrogen functional groups attached to an aromatic ring is 1. The van der Waals surface area contributed by atoms with Crippen LogP contribution < -0.4 is 16.2 Å². The van der Waals surface area contributed by atoms with Crippen LogP contribution >= 0.6 is 0 Å². The van der Waals surface area contributed by atoms with E-state index in [9.17, 15) is 4.79 Å². The molecule has 178 valence electrons. The standard InChI is InChI=1S/C26H32N6O2/c1-4-31(5-2)13-18-14-32(16(3)15-34-18)17-10-11-21-22(12-17)29-25(28-21)23-24(27)19-8-6-7-9-20(19)30-26(23)33/h6-12,16,18H,4-5,13-15H2,1-3H3,(H,28,29)(H3,27,30,33)/t16-,18-/m1/s1. The van der Waals surface area contributed by atoms with Gasteiger partial charge in [0.05, 0.1) is 34.9 Å². The number of morpholine rings is 1. The number of likely N-dealkylation sites (N-methyl/N-ethyl adjacent to an activating group) is 1. The van der Waals surface area contributed by atoms with E-state index in [1.807, 2.05) is 30.3 Å². The van der Waals surface area contributed by atoms with Crippen molar-refractivity contribution in [2.24, 2.45) is 0 Å². The Hall–Kier alpha value is -3.36. The predicted octanol–water partition coefficient (Wildman–Crippen LogP) is 3.59. The van der Waals surface area contributed by atoms with Gasteiger partial charge in [-0.05, 0) is 44.3 Å². The molecule has 1 aliphatic rings. The van der Waals surface area contributed by atoms with E-state index >= 15 is 0 Å². The Morgan fingerprint density at radius 1 is 1.15 bits per heavy atom. The highest BCUT2D eigenvalue weighted by Crippen LogP contribution is 2.30. The van der Waals surface area contributed by atoms with Crippen molar-refractivity contribution in [1.82, 2.24) is 19.9 Å². The molecule has 2 aromatic heterocycles. The van der Waals surface area contributed by atoms with Gasteiger partial charge in [0, 0.05) is 30.2 Å². The highest BCUT2D eigenvalue weighted by atomic mass is 16.5. The summed E-state index contributed by atoms with van der Waals surface area (Å²) in [5.41, 5.74) is 10.5. The summed E-state index contributed by atoms with van der Waals surface area (Å²) >= 11 is 0. The highest BCUT2D eigenvalue weighted by Gasteiger charge is 2.27. The number of pyridine rings is 1. The molecule has 8 nitrogen and oxygen atoms in total. The third kappa shape index (κ3) is 4.03. The molecule has 5 rings (SSSR count). The molecule has 1 fully saturated rings. The second kappa shape index (κ2) is 9.12. The molecule has 4 aromatic rings. The predicted molar refractivity (Wildman–Crippen MR) is 138 cm³/mol. The van der Waals surface area contributed by atoms with Crippen LogP contribution in [0.4, 0.5) is 11.4 Å². The van der Waals surface area contributed by atoms with Crippen molar-refractivity contribution in [3.63, 3.8) is 0 Å². The van der Waals surface area contributed by atoms with Crippen LogP contribution in [0.25, 0.3) is 33.3 Å². The van der Waals surface area contributed by atoms with Gasteiger partial charge in [-0.1, -0.05) is 32.0 Å². The quantitative estimate of drug-likeness (QED) is 0.406. The molecular formula is C26H32N6O2. The number of aromatic nitrogens is 3. The zero-order chi connectivity index (χ0) is 23.8. The molecule has 2 aromatic carbocycles. The number of imidazole rings is 1. The fourth-order valence-corrected chi connectivity index (χ4v) is 4.86. The highest BCUT2D eigenvalue weighted by molar-refractivity contribution is 5.97. The van der Waals surface area contributed by atoms with Crippen molar-refractivity contribution in [3.05, 3.63) is 52.8 Å². The normalized spacial score (nSPS) is 18.9. The minimum absolute atomic E-state index is 0.167. The van der Waals surface area contributed by atoms with Crippen molar-refractivity contribution in [3.8, 4) is 11.4 Å². The van der Waals surface area contributed by atoms with Crippen molar-refractivity contribution >= 4 is 33.3 Å². The van der Waals surface area contributed by atoms with E-state index in [4.69, 9.17) is 10.5 Å². The molecule has 34 heavy (non-hydrogen) atoms. The largest absolute Gasteiger partial charge is 0.397 e. The summed E-state index contributed by atoms with van der Waals surface area (Å²) in [4.78, 5) is 28.6. The lowest BCUT2D eigenvalue weighted by Gasteiger charge is -2.41. The molecule has 0 bridgehead atoms. The third-order valence-corrected chi connectivity index (χ3v) is 6.86. The lowest BCUT2D eigenvalue weighted by molar-refractivity contribution is 0.00265. The Balaban J connectivity index is 1.48. The number of hydrogen-bond donors (Lipinski definition) is 3. The number of rotatable bonds is 6. The molecule has 0 aliphatic carbocycles. The SMILES string of the molecule is CCN(CC)C[C@@H]1CN(c2ccc3nc(-c4c(N)c5ccccc5[nH]c4=O)[nH]c3c2)[C@H](C)CO1. The monoisotopic (exact) mass is 460 g/mol. The second-order valence-corrected chi connectivity index (χ2v) is 9.02. The number of H-pyrrole nitrogens is 2. The summed E-state index contributed by atoms with van der Waals surface area (Å²) in [6.07, 6.45) is 0.167. The fourth-order valence-electron chi connectivity index (χ4n) is 4.86. The van der Waals surface area contributed by atoms with Crippen LogP contribution in [-0.4, -0.2) is 64.8 Å². The number of aromatic amines is 2. The zero-order valence-electron chi connectivity index (χ0n) is 20.0. The number of nitrogens with zero attached hydrogens (tertiary/aromatic N) is 3. The van der Waals surface area contributed by atoms with Gasteiger partial charge in [-0.2, -0.15) is 0 Å². The molecular weight excluding hydrogens is 428 g/mol. The number of ether oxygens (including phenoxy) is 1. The first-order valence-electron chi connectivity index (χ1n) is 12.0. The van der Waals surface area contributed by atoms with Gasteiger partial charge in [-0.3, -0.25) is 4.79 Å². The zero-order valence-corrected chi connectivity index (χ0v) is 20.0. The molecule has 0 saturated carbocycles. The molecule has 0 spiro atoms. The first-order chi connectivity index (χ1) is 16.5. The Labute approximate surface area is 198 Å². The summed E-state index contributed by atoms with van der Waals surface area (Å²) in [6, 6.07) is 14.0. The average Bonchev–Trinajstić information content (AvgIpc) is 3.26. The number of nitrogens with two attached hydrogens (primary N) is 1. The van der Waals surface area contributed by atoms with E-state index in [0.29, 0.717) is 29.2 Å². The molecule has 1 saturated heterocycles. The third-order valence-electron chi connectivity index (χ3n) is 6.86. The molecule has 4 N–H and O–H groups in total. The van der Waals surface area contributed by atoms with Crippen LogP contribution in [-0.2, 0) is 4.74 Å². The Bertz CT molecular complexity index is 1370. The maximum Gasteiger partial charge on any atom is 0.261 e. The van der Waals surface area contributed by atoms with Crippen LogP contribution in [0.1, 0.15) is 20.8 Å². The van der Waals surface area contributed by atoms with Gasteiger partial charge in [0.15, 0.2) is 0 Å². The van der Waals surface area contributed by atoms with Gasteiger partial charge < -0.3 is 30.2 Å². The van der Waals surface area contributed by atoms with Crippen molar-refractivity contribution in [1.29, 1.82) is 0 Å². The minimum Gasteiger partial charge on any atom is -0.397 e. The minimum atomic E-state index is -0.253.